The van der Waals surface area contributed by atoms with E-state index in [1.807, 2.05) is 51.1 Å². The zero-order valence-electron chi connectivity index (χ0n) is 13.8. The molecule has 24 heavy (non-hydrogen) atoms. The first-order valence-electron chi connectivity index (χ1n) is 7.57. The molecule has 2 N–H and O–H groups in total. The Labute approximate surface area is 141 Å². The number of nitrogens with one attached hydrogen (secondary N) is 2. The topological polar surface area (TPSA) is 74.8 Å². The van der Waals surface area contributed by atoms with E-state index in [1.165, 1.54) is 0 Å². The highest BCUT2D eigenvalue weighted by molar-refractivity contribution is 7.92. The summed E-state index contributed by atoms with van der Waals surface area (Å²) in [6.07, 6.45) is 1.66. The molecular weight excluding hydrogens is 322 g/mol. The average molecular weight is 341 g/mol. The molecule has 0 aliphatic carbocycles. The van der Waals surface area contributed by atoms with Crippen LogP contribution in [-0.2, 0) is 10.0 Å². The molecule has 1 aromatic heterocycles. The van der Waals surface area contributed by atoms with Crippen molar-refractivity contribution in [3.8, 4) is 11.3 Å². The van der Waals surface area contributed by atoms with Gasteiger partial charge in [-0.2, -0.15) is 5.10 Å². The molecule has 0 spiro atoms. The van der Waals surface area contributed by atoms with Crippen LogP contribution in [0.1, 0.15) is 16.7 Å². The van der Waals surface area contributed by atoms with Crippen LogP contribution in [0.3, 0.4) is 0 Å². The lowest BCUT2D eigenvalue weighted by atomic mass is 10.1. The van der Waals surface area contributed by atoms with E-state index in [-0.39, 0.29) is 0 Å². The van der Waals surface area contributed by atoms with Crippen LogP contribution in [-0.4, -0.2) is 18.6 Å². The van der Waals surface area contributed by atoms with Gasteiger partial charge in [0, 0.05) is 17.4 Å². The maximum atomic E-state index is 12.8. The molecule has 6 heteroatoms. The predicted molar refractivity (Wildman–Crippen MR) is 95.5 cm³/mol. The third-order valence-electron chi connectivity index (χ3n) is 3.80. The molecule has 0 aliphatic heterocycles. The van der Waals surface area contributed by atoms with Gasteiger partial charge in [0.2, 0.25) is 0 Å². The van der Waals surface area contributed by atoms with Crippen molar-refractivity contribution < 1.29 is 8.42 Å². The van der Waals surface area contributed by atoms with Crippen LogP contribution in [0.25, 0.3) is 11.3 Å². The number of sulfonamides is 1. The molecule has 0 saturated heterocycles. The summed E-state index contributed by atoms with van der Waals surface area (Å²) in [7, 11) is -3.65. The van der Waals surface area contributed by atoms with E-state index < -0.39 is 10.0 Å². The van der Waals surface area contributed by atoms with Crippen LogP contribution in [0.15, 0.2) is 53.6 Å². The van der Waals surface area contributed by atoms with Gasteiger partial charge in [-0.05, 0) is 50.1 Å². The third kappa shape index (κ3) is 3.19. The molecule has 2 aromatic carbocycles. The molecule has 0 radical (unpaired) electrons. The lowest BCUT2D eigenvalue weighted by molar-refractivity contribution is 0.600. The van der Waals surface area contributed by atoms with E-state index in [2.05, 4.69) is 14.9 Å². The van der Waals surface area contributed by atoms with Gasteiger partial charge >= 0.3 is 0 Å². The normalized spacial score (nSPS) is 11.5. The number of aromatic nitrogens is 2. The smallest absolute Gasteiger partial charge is 0.262 e. The first kappa shape index (κ1) is 16.3. The minimum absolute atomic E-state index is 0.333. The highest BCUT2D eigenvalue weighted by Gasteiger charge is 2.20. The summed E-state index contributed by atoms with van der Waals surface area (Å²) in [5.74, 6) is 0. The van der Waals surface area contributed by atoms with E-state index in [0.717, 1.165) is 27.9 Å². The Morgan fingerprint density at radius 2 is 1.71 bits per heavy atom. The summed E-state index contributed by atoms with van der Waals surface area (Å²) in [4.78, 5) is 0.333. The standard InChI is InChI=1S/C18H19N3O2S/c1-12-9-13(2)18(14(3)10-12)24(22,23)21-16-6-4-5-15(11-16)17-7-8-19-20-17/h4-11,21H,1-3H3,(H,19,20). The Morgan fingerprint density at radius 3 is 2.33 bits per heavy atom. The maximum absolute atomic E-state index is 12.8. The molecule has 124 valence electrons. The fourth-order valence-corrected chi connectivity index (χ4v) is 4.47. The second kappa shape index (κ2) is 6.13. The zero-order chi connectivity index (χ0) is 17.3. The average Bonchev–Trinajstić information content (AvgIpc) is 2.99. The van der Waals surface area contributed by atoms with Gasteiger partial charge in [0.15, 0.2) is 0 Å². The Bertz CT molecular complexity index is 954. The number of benzene rings is 2. The molecule has 0 atom stereocenters. The SMILES string of the molecule is Cc1cc(C)c(S(=O)(=O)Nc2cccc(-c3ccn[nH]3)c2)c(C)c1. The lowest BCUT2D eigenvalue weighted by Crippen LogP contribution is -2.16. The summed E-state index contributed by atoms with van der Waals surface area (Å²) in [5.41, 5.74) is 4.74. The number of nitrogens with zero attached hydrogens (tertiary/aromatic N) is 1. The summed E-state index contributed by atoms with van der Waals surface area (Å²) in [6.45, 7) is 5.59. The van der Waals surface area contributed by atoms with Crippen molar-refractivity contribution in [2.24, 2.45) is 0 Å². The van der Waals surface area contributed by atoms with Crippen LogP contribution in [0, 0.1) is 20.8 Å². The predicted octanol–water partition coefficient (Wildman–Crippen LogP) is 3.80. The second-order valence-electron chi connectivity index (χ2n) is 5.88. The first-order valence-corrected chi connectivity index (χ1v) is 9.05. The Kier molecular flexibility index (Phi) is 4.15. The summed E-state index contributed by atoms with van der Waals surface area (Å²) in [5, 5.41) is 6.79. The van der Waals surface area contributed by atoms with Crippen molar-refractivity contribution in [3.05, 3.63) is 65.4 Å². The van der Waals surface area contributed by atoms with Gasteiger partial charge in [-0.15, -0.1) is 0 Å². The van der Waals surface area contributed by atoms with E-state index in [4.69, 9.17) is 0 Å². The van der Waals surface area contributed by atoms with Crippen molar-refractivity contribution >= 4 is 15.7 Å². The number of H-pyrrole nitrogens is 1. The van der Waals surface area contributed by atoms with Crippen molar-refractivity contribution in [1.29, 1.82) is 0 Å². The highest BCUT2D eigenvalue weighted by atomic mass is 32.2. The van der Waals surface area contributed by atoms with Crippen LogP contribution in [0.4, 0.5) is 5.69 Å². The first-order chi connectivity index (χ1) is 11.4. The molecule has 0 bridgehead atoms. The van der Waals surface area contributed by atoms with E-state index in [0.29, 0.717) is 10.6 Å². The van der Waals surface area contributed by atoms with Crippen molar-refractivity contribution in [1.82, 2.24) is 10.2 Å². The summed E-state index contributed by atoms with van der Waals surface area (Å²) < 4.78 is 28.3. The van der Waals surface area contributed by atoms with Gasteiger partial charge in [-0.3, -0.25) is 9.82 Å². The Morgan fingerprint density at radius 1 is 1.00 bits per heavy atom. The fourth-order valence-electron chi connectivity index (χ4n) is 2.96. The van der Waals surface area contributed by atoms with Crippen molar-refractivity contribution in [3.63, 3.8) is 0 Å². The molecule has 3 aromatic rings. The van der Waals surface area contributed by atoms with E-state index in [1.54, 1.807) is 18.3 Å². The molecule has 0 amide bonds. The molecular formula is C18H19N3O2S. The fraction of sp³-hybridized carbons (Fsp3) is 0.167. The Hall–Kier alpha value is -2.60. The number of aryl methyl sites for hydroxylation is 3. The van der Waals surface area contributed by atoms with Crippen molar-refractivity contribution in [2.45, 2.75) is 25.7 Å². The zero-order valence-corrected chi connectivity index (χ0v) is 14.6. The van der Waals surface area contributed by atoms with Gasteiger partial charge in [0.05, 0.1) is 10.6 Å². The largest absolute Gasteiger partial charge is 0.280 e. The van der Waals surface area contributed by atoms with E-state index in [9.17, 15) is 8.42 Å². The monoisotopic (exact) mass is 341 g/mol. The second-order valence-corrected chi connectivity index (χ2v) is 7.50. The van der Waals surface area contributed by atoms with Crippen LogP contribution < -0.4 is 4.72 Å². The highest BCUT2D eigenvalue weighted by Crippen LogP contribution is 2.26. The van der Waals surface area contributed by atoms with Crippen LogP contribution >= 0.6 is 0 Å². The molecule has 0 saturated carbocycles. The van der Waals surface area contributed by atoms with Gasteiger partial charge in [0.1, 0.15) is 0 Å². The van der Waals surface area contributed by atoms with Gasteiger partial charge in [0.25, 0.3) is 10.0 Å². The quantitative estimate of drug-likeness (QED) is 0.758. The molecule has 1 heterocycles. The third-order valence-corrected chi connectivity index (χ3v) is 5.49. The molecule has 0 unspecified atom stereocenters. The van der Waals surface area contributed by atoms with Gasteiger partial charge in [-0.25, -0.2) is 8.42 Å². The molecule has 0 fully saturated rings. The summed E-state index contributed by atoms with van der Waals surface area (Å²) >= 11 is 0. The van der Waals surface area contributed by atoms with Crippen molar-refractivity contribution in [2.75, 3.05) is 4.72 Å². The number of aromatic amines is 1. The number of hydrogen-bond donors (Lipinski definition) is 2. The minimum atomic E-state index is -3.65. The maximum Gasteiger partial charge on any atom is 0.262 e. The van der Waals surface area contributed by atoms with E-state index >= 15 is 0 Å². The number of hydrogen-bond acceptors (Lipinski definition) is 3. The minimum Gasteiger partial charge on any atom is -0.280 e. The number of rotatable bonds is 4. The van der Waals surface area contributed by atoms with Crippen LogP contribution in [0.5, 0.6) is 0 Å². The molecule has 3 rings (SSSR count). The summed E-state index contributed by atoms with van der Waals surface area (Å²) in [6, 6.07) is 12.8. The molecule has 5 nitrogen and oxygen atoms in total. The van der Waals surface area contributed by atoms with Crippen LogP contribution in [0.2, 0.25) is 0 Å². The number of anilines is 1. The Balaban J connectivity index is 1.98. The molecule has 0 aliphatic rings. The van der Waals surface area contributed by atoms with Gasteiger partial charge in [-0.1, -0.05) is 29.8 Å². The van der Waals surface area contributed by atoms with Gasteiger partial charge < -0.3 is 0 Å². The lowest BCUT2D eigenvalue weighted by Gasteiger charge is -2.14.